The Balaban J connectivity index is 1.41. The lowest BCUT2D eigenvalue weighted by atomic mass is 10.2. The molecule has 2 fully saturated rings. The van der Waals surface area contributed by atoms with Gasteiger partial charge in [-0.2, -0.15) is 0 Å². The summed E-state index contributed by atoms with van der Waals surface area (Å²) in [4.78, 5) is 9.87. The topological polar surface area (TPSA) is 42.9 Å². The SMILES string of the molecule is CCNC(=NCCCCN1CCCC1)NC1CCN(c2ccc(C)cc2)C1. The first-order valence-corrected chi connectivity index (χ1v) is 10.8. The highest BCUT2D eigenvalue weighted by molar-refractivity contribution is 5.80. The van der Waals surface area contributed by atoms with Crippen molar-refractivity contribution in [3.8, 4) is 0 Å². The molecule has 0 spiro atoms. The zero-order valence-electron chi connectivity index (χ0n) is 17.2. The van der Waals surface area contributed by atoms with Crippen molar-refractivity contribution in [2.24, 2.45) is 4.99 Å². The molecule has 0 radical (unpaired) electrons. The van der Waals surface area contributed by atoms with E-state index in [1.807, 2.05) is 0 Å². The van der Waals surface area contributed by atoms with E-state index >= 15 is 0 Å². The van der Waals surface area contributed by atoms with E-state index in [2.05, 4.69) is 58.5 Å². The third kappa shape index (κ3) is 6.42. The summed E-state index contributed by atoms with van der Waals surface area (Å²) in [6.45, 7) is 12.1. The third-order valence-electron chi connectivity index (χ3n) is 5.62. The van der Waals surface area contributed by atoms with Gasteiger partial charge in [-0.05, 0) is 77.7 Å². The molecular formula is C22H37N5. The lowest BCUT2D eigenvalue weighted by Gasteiger charge is -2.20. The van der Waals surface area contributed by atoms with Gasteiger partial charge in [0.1, 0.15) is 0 Å². The molecular weight excluding hydrogens is 334 g/mol. The van der Waals surface area contributed by atoms with Crippen molar-refractivity contribution < 1.29 is 0 Å². The van der Waals surface area contributed by atoms with Crippen molar-refractivity contribution in [1.29, 1.82) is 0 Å². The van der Waals surface area contributed by atoms with E-state index in [4.69, 9.17) is 4.99 Å². The standard InChI is InChI=1S/C22H37N5/c1-3-23-22(24-13-4-5-14-26-15-6-7-16-26)25-20-12-17-27(18-20)21-10-8-19(2)9-11-21/h8-11,20H,3-7,12-18H2,1-2H3,(H2,23,24,25). The van der Waals surface area contributed by atoms with Crippen LogP contribution < -0.4 is 15.5 Å². The van der Waals surface area contributed by atoms with Crippen LogP contribution in [0.2, 0.25) is 0 Å². The second kappa shape index (κ2) is 10.5. The average Bonchev–Trinajstić information content (AvgIpc) is 3.34. The van der Waals surface area contributed by atoms with Crippen molar-refractivity contribution in [2.45, 2.75) is 52.0 Å². The summed E-state index contributed by atoms with van der Waals surface area (Å²) < 4.78 is 0. The number of aryl methyl sites for hydroxylation is 1. The van der Waals surface area contributed by atoms with Crippen LogP contribution in [0.15, 0.2) is 29.3 Å². The number of unbranched alkanes of at least 4 members (excludes halogenated alkanes) is 1. The molecule has 150 valence electrons. The fourth-order valence-corrected chi connectivity index (χ4v) is 4.03. The number of nitrogens with zero attached hydrogens (tertiary/aromatic N) is 3. The minimum atomic E-state index is 0.466. The van der Waals surface area contributed by atoms with E-state index in [1.54, 1.807) is 0 Å². The van der Waals surface area contributed by atoms with Crippen molar-refractivity contribution in [1.82, 2.24) is 15.5 Å². The lowest BCUT2D eigenvalue weighted by Crippen LogP contribution is -2.44. The van der Waals surface area contributed by atoms with Gasteiger partial charge in [0.05, 0.1) is 0 Å². The summed E-state index contributed by atoms with van der Waals surface area (Å²) in [5.74, 6) is 0.981. The summed E-state index contributed by atoms with van der Waals surface area (Å²) in [7, 11) is 0. The first-order chi connectivity index (χ1) is 13.2. The fraction of sp³-hybridized carbons (Fsp3) is 0.682. The zero-order chi connectivity index (χ0) is 18.9. The maximum absolute atomic E-state index is 4.81. The number of nitrogens with one attached hydrogen (secondary N) is 2. The fourth-order valence-electron chi connectivity index (χ4n) is 4.03. The molecule has 5 nitrogen and oxygen atoms in total. The molecule has 5 heteroatoms. The van der Waals surface area contributed by atoms with E-state index in [0.717, 1.165) is 38.6 Å². The Morgan fingerprint density at radius 1 is 1.11 bits per heavy atom. The molecule has 1 aromatic carbocycles. The van der Waals surface area contributed by atoms with E-state index in [0.29, 0.717) is 6.04 Å². The number of guanidine groups is 1. The van der Waals surface area contributed by atoms with Crippen molar-refractivity contribution in [3.63, 3.8) is 0 Å². The van der Waals surface area contributed by atoms with Crippen molar-refractivity contribution >= 4 is 11.6 Å². The monoisotopic (exact) mass is 371 g/mol. The molecule has 1 aromatic rings. The second-order valence-electron chi connectivity index (χ2n) is 7.93. The number of hydrogen-bond acceptors (Lipinski definition) is 3. The van der Waals surface area contributed by atoms with Gasteiger partial charge in [-0.25, -0.2) is 0 Å². The molecule has 0 aromatic heterocycles. The van der Waals surface area contributed by atoms with E-state index in [1.165, 1.54) is 56.6 Å². The Bertz CT molecular complexity index is 577. The molecule has 2 N–H and O–H groups in total. The van der Waals surface area contributed by atoms with Gasteiger partial charge < -0.3 is 20.4 Å². The smallest absolute Gasteiger partial charge is 0.191 e. The number of hydrogen-bond donors (Lipinski definition) is 2. The molecule has 0 saturated carbocycles. The predicted molar refractivity (Wildman–Crippen MR) is 116 cm³/mol. The van der Waals surface area contributed by atoms with Crippen LogP contribution in [0.4, 0.5) is 5.69 Å². The molecule has 0 aliphatic carbocycles. The summed E-state index contributed by atoms with van der Waals surface area (Å²) in [6.07, 6.45) is 6.36. The second-order valence-corrected chi connectivity index (χ2v) is 7.93. The van der Waals surface area contributed by atoms with Gasteiger partial charge in [-0.3, -0.25) is 4.99 Å². The lowest BCUT2D eigenvalue weighted by molar-refractivity contribution is 0.331. The molecule has 0 bridgehead atoms. The van der Waals surface area contributed by atoms with Crippen molar-refractivity contribution in [3.05, 3.63) is 29.8 Å². The summed E-state index contributed by atoms with van der Waals surface area (Å²) in [5.41, 5.74) is 2.65. The molecule has 2 aliphatic heterocycles. The first-order valence-electron chi connectivity index (χ1n) is 10.8. The van der Waals surface area contributed by atoms with Crippen LogP contribution in [0.5, 0.6) is 0 Å². The molecule has 2 aliphatic rings. The third-order valence-corrected chi connectivity index (χ3v) is 5.62. The summed E-state index contributed by atoms with van der Waals surface area (Å²) >= 11 is 0. The summed E-state index contributed by atoms with van der Waals surface area (Å²) in [5, 5.41) is 7.06. The minimum absolute atomic E-state index is 0.466. The largest absolute Gasteiger partial charge is 0.369 e. The van der Waals surface area contributed by atoms with Gasteiger partial charge in [0.15, 0.2) is 5.96 Å². The molecule has 1 atom stereocenters. The van der Waals surface area contributed by atoms with Gasteiger partial charge in [-0.15, -0.1) is 0 Å². The molecule has 2 heterocycles. The molecule has 27 heavy (non-hydrogen) atoms. The van der Waals surface area contributed by atoms with Crippen LogP contribution in [-0.4, -0.2) is 62.7 Å². The van der Waals surface area contributed by atoms with Crippen molar-refractivity contribution in [2.75, 3.05) is 50.7 Å². The Labute approximate surface area is 165 Å². The summed E-state index contributed by atoms with van der Waals surface area (Å²) in [6, 6.07) is 9.33. The maximum atomic E-state index is 4.81. The molecule has 2 saturated heterocycles. The van der Waals surface area contributed by atoms with E-state index in [-0.39, 0.29) is 0 Å². The number of benzene rings is 1. The van der Waals surface area contributed by atoms with Crippen LogP contribution in [0.3, 0.4) is 0 Å². The Morgan fingerprint density at radius 2 is 1.89 bits per heavy atom. The van der Waals surface area contributed by atoms with Gasteiger partial charge in [-0.1, -0.05) is 17.7 Å². The molecule has 0 amide bonds. The highest BCUT2D eigenvalue weighted by Gasteiger charge is 2.23. The van der Waals surface area contributed by atoms with Crippen LogP contribution in [0, 0.1) is 6.92 Å². The minimum Gasteiger partial charge on any atom is -0.369 e. The number of likely N-dealkylation sites (tertiary alicyclic amines) is 1. The zero-order valence-corrected chi connectivity index (χ0v) is 17.2. The van der Waals surface area contributed by atoms with Gasteiger partial charge >= 0.3 is 0 Å². The molecule has 1 unspecified atom stereocenters. The van der Waals surface area contributed by atoms with E-state index in [9.17, 15) is 0 Å². The highest BCUT2D eigenvalue weighted by Crippen LogP contribution is 2.20. The Kier molecular flexibility index (Phi) is 7.81. The average molecular weight is 372 g/mol. The predicted octanol–water partition coefficient (Wildman–Crippen LogP) is 3.00. The van der Waals surface area contributed by atoms with Crippen LogP contribution in [0.25, 0.3) is 0 Å². The Morgan fingerprint density at radius 3 is 2.63 bits per heavy atom. The number of rotatable bonds is 8. The first kappa shape index (κ1) is 20.0. The maximum Gasteiger partial charge on any atom is 0.191 e. The quantitative estimate of drug-likeness (QED) is 0.419. The van der Waals surface area contributed by atoms with Crippen LogP contribution >= 0.6 is 0 Å². The highest BCUT2D eigenvalue weighted by atomic mass is 15.2. The van der Waals surface area contributed by atoms with Crippen LogP contribution in [0.1, 0.15) is 44.6 Å². The number of aliphatic imine (C=N–C) groups is 1. The van der Waals surface area contributed by atoms with E-state index < -0.39 is 0 Å². The number of anilines is 1. The van der Waals surface area contributed by atoms with Gasteiger partial charge in [0.2, 0.25) is 0 Å². The normalized spacial score (nSPS) is 21.0. The van der Waals surface area contributed by atoms with Gasteiger partial charge in [0.25, 0.3) is 0 Å². The van der Waals surface area contributed by atoms with Crippen LogP contribution in [-0.2, 0) is 0 Å². The Hall–Kier alpha value is -1.75. The van der Waals surface area contributed by atoms with Gasteiger partial charge in [0, 0.05) is 37.9 Å². The molecule has 3 rings (SSSR count).